The van der Waals surface area contributed by atoms with E-state index in [0.29, 0.717) is 19.8 Å². The van der Waals surface area contributed by atoms with E-state index >= 15 is 0 Å². The molecule has 0 bridgehead atoms. The van der Waals surface area contributed by atoms with Crippen LogP contribution in [0.15, 0.2) is 12.3 Å². The third-order valence-corrected chi connectivity index (χ3v) is 4.18. The SMILES string of the molecule is C=C(CCCCCCCCCO)OOCCCCCCCCCO. The Balaban J connectivity index is 3.13. The zero-order valence-electron chi connectivity index (χ0n) is 15.6. The Labute approximate surface area is 149 Å². The molecule has 0 unspecified atom stereocenters. The van der Waals surface area contributed by atoms with Gasteiger partial charge in [0.05, 0.1) is 6.61 Å². The van der Waals surface area contributed by atoms with Gasteiger partial charge in [-0.2, -0.15) is 4.89 Å². The smallest absolute Gasteiger partial charge is 0.135 e. The third kappa shape index (κ3) is 19.5. The van der Waals surface area contributed by atoms with Crippen LogP contribution in [0.4, 0.5) is 0 Å². The van der Waals surface area contributed by atoms with Gasteiger partial charge in [-0.05, 0) is 25.7 Å². The number of aliphatic hydroxyl groups is 2. The largest absolute Gasteiger partial charge is 0.396 e. The van der Waals surface area contributed by atoms with Crippen LogP contribution in [0.1, 0.15) is 96.3 Å². The Bertz CT molecular complexity index is 256. The van der Waals surface area contributed by atoms with E-state index in [1.54, 1.807) is 0 Å². The lowest BCUT2D eigenvalue weighted by molar-refractivity contribution is -0.264. The van der Waals surface area contributed by atoms with Gasteiger partial charge in [0.1, 0.15) is 5.76 Å². The molecule has 0 amide bonds. The number of allylic oxidation sites excluding steroid dienone is 1. The monoisotopic (exact) mass is 344 g/mol. The fourth-order valence-electron chi connectivity index (χ4n) is 2.64. The highest BCUT2D eigenvalue weighted by molar-refractivity contribution is 4.79. The van der Waals surface area contributed by atoms with Crippen LogP contribution < -0.4 is 0 Å². The lowest BCUT2D eigenvalue weighted by atomic mass is 10.1. The summed E-state index contributed by atoms with van der Waals surface area (Å²) < 4.78 is 0. The number of aliphatic hydroxyl groups excluding tert-OH is 2. The average molecular weight is 345 g/mol. The maximum absolute atomic E-state index is 8.70. The fraction of sp³-hybridized carbons (Fsp3) is 0.900. The van der Waals surface area contributed by atoms with Gasteiger partial charge < -0.3 is 15.1 Å². The first kappa shape index (κ1) is 23.4. The first-order valence-electron chi connectivity index (χ1n) is 10.00. The summed E-state index contributed by atoms with van der Waals surface area (Å²) in [4.78, 5) is 10.4. The predicted octanol–water partition coefficient (Wildman–Crippen LogP) is 5.28. The van der Waals surface area contributed by atoms with Crippen molar-refractivity contribution in [3.05, 3.63) is 12.3 Å². The van der Waals surface area contributed by atoms with Crippen molar-refractivity contribution in [2.45, 2.75) is 96.3 Å². The summed E-state index contributed by atoms with van der Waals surface area (Å²) in [6.45, 7) is 5.17. The minimum atomic E-state index is 0.319. The summed E-state index contributed by atoms with van der Waals surface area (Å²) in [5.74, 6) is 0.735. The quantitative estimate of drug-likeness (QED) is 0.136. The first-order chi connectivity index (χ1) is 11.8. The van der Waals surface area contributed by atoms with Gasteiger partial charge in [0, 0.05) is 19.6 Å². The summed E-state index contributed by atoms with van der Waals surface area (Å²) in [7, 11) is 0. The summed E-state index contributed by atoms with van der Waals surface area (Å²) in [6.07, 6.45) is 17.0. The van der Waals surface area contributed by atoms with E-state index in [4.69, 9.17) is 20.0 Å². The lowest BCUT2D eigenvalue weighted by Crippen LogP contribution is -1.97. The van der Waals surface area contributed by atoms with Crippen molar-refractivity contribution in [2.24, 2.45) is 0 Å². The van der Waals surface area contributed by atoms with Crippen LogP contribution in [0, 0.1) is 0 Å². The molecule has 0 heterocycles. The maximum Gasteiger partial charge on any atom is 0.135 e. The van der Waals surface area contributed by atoms with Crippen LogP contribution in [0.25, 0.3) is 0 Å². The highest BCUT2D eigenvalue weighted by Crippen LogP contribution is 2.13. The molecule has 144 valence electrons. The second-order valence-corrected chi connectivity index (χ2v) is 6.59. The van der Waals surface area contributed by atoms with Gasteiger partial charge in [0.15, 0.2) is 0 Å². The van der Waals surface area contributed by atoms with Crippen molar-refractivity contribution >= 4 is 0 Å². The molecular formula is C20H40O4. The average Bonchev–Trinajstić information content (AvgIpc) is 2.59. The molecule has 0 aromatic rings. The lowest BCUT2D eigenvalue weighted by Gasteiger charge is -2.08. The van der Waals surface area contributed by atoms with Crippen LogP contribution >= 0.6 is 0 Å². The summed E-state index contributed by atoms with van der Waals surface area (Å²) in [5.41, 5.74) is 0. The van der Waals surface area contributed by atoms with Gasteiger partial charge in [0.2, 0.25) is 0 Å². The van der Waals surface area contributed by atoms with Gasteiger partial charge in [-0.1, -0.05) is 70.8 Å². The summed E-state index contributed by atoms with van der Waals surface area (Å²) >= 11 is 0. The Morgan fingerprint density at radius 1 is 0.583 bits per heavy atom. The Morgan fingerprint density at radius 3 is 1.50 bits per heavy atom. The second-order valence-electron chi connectivity index (χ2n) is 6.59. The van der Waals surface area contributed by atoms with Crippen LogP contribution in [-0.2, 0) is 9.78 Å². The molecule has 2 N–H and O–H groups in total. The molecule has 0 aromatic carbocycles. The van der Waals surface area contributed by atoms with Crippen LogP contribution in [0.2, 0.25) is 0 Å². The van der Waals surface area contributed by atoms with Gasteiger partial charge >= 0.3 is 0 Å². The summed E-state index contributed by atoms with van der Waals surface area (Å²) in [6, 6.07) is 0. The van der Waals surface area contributed by atoms with E-state index in [1.165, 1.54) is 51.4 Å². The molecule has 0 saturated carbocycles. The molecule has 0 radical (unpaired) electrons. The molecule has 0 aliphatic rings. The van der Waals surface area contributed by atoms with E-state index in [1.807, 2.05) is 0 Å². The van der Waals surface area contributed by atoms with Gasteiger partial charge in [-0.3, -0.25) is 0 Å². The van der Waals surface area contributed by atoms with E-state index < -0.39 is 0 Å². The molecule has 0 rings (SSSR count). The normalized spacial score (nSPS) is 10.9. The van der Waals surface area contributed by atoms with Crippen molar-refractivity contribution in [3.63, 3.8) is 0 Å². The standard InChI is InChI=1S/C20H40O4/c1-20(16-12-8-4-2-5-9-13-17-21)24-23-19-15-11-7-3-6-10-14-18-22/h21-22H,1-19H2. The topological polar surface area (TPSA) is 58.9 Å². The molecule has 4 heteroatoms. The molecule has 0 fully saturated rings. The number of hydrogen-bond acceptors (Lipinski definition) is 4. The maximum atomic E-state index is 8.70. The summed E-state index contributed by atoms with van der Waals surface area (Å²) in [5, 5.41) is 17.4. The second kappa shape index (κ2) is 20.5. The fourth-order valence-corrected chi connectivity index (χ4v) is 2.64. The molecule has 0 saturated heterocycles. The van der Waals surface area contributed by atoms with Gasteiger partial charge in [-0.15, -0.1) is 0 Å². The molecule has 0 spiro atoms. The number of unbranched alkanes of at least 4 members (excludes halogenated alkanes) is 12. The van der Waals surface area contributed by atoms with E-state index in [2.05, 4.69) is 6.58 Å². The van der Waals surface area contributed by atoms with E-state index in [-0.39, 0.29) is 0 Å². The Hall–Kier alpha value is -0.580. The van der Waals surface area contributed by atoms with E-state index in [9.17, 15) is 0 Å². The van der Waals surface area contributed by atoms with Crippen molar-refractivity contribution in [1.82, 2.24) is 0 Å². The molecule has 0 aromatic heterocycles. The van der Waals surface area contributed by atoms with Crippen molar-refractivity contribution in [1.29, 1.82) is 0 Å². The van der Waals surface area contributed by atoms with Crippen molar-refractivity contribution in [3.8, 4) is 0 Å². The van der Waals surface area contributed by atoms with Crippen molar-refractivity contribution in [2.75, 3.05) is 19.8 Å². The molecular weight excluding hydrogens is 304 g/mol. The predicted molar refractivity (Wildman–Crippen MR) is 99.6 cm³/mol. The minimum Gasteiger partial charge on any atom is -0.396 e. The highest BCUT2D eigenvalue weighted by Gasteiger charge is 1.98. The zero-order valence-corrected chi connectivity index (χ0v) is 15.6. The number of rotatable bonds is 20. The van der Waals surface area contributed by atoms with Crippen LogP contribution in [0.3, 0.4) is 0 Å². The molecule has 0 aliphatic carbocycles. The number of hydrogen-bond donors (Lipinski definition) is 2. The third-order valence-electron chi connectivity index (χ3n) is 4.18. The molecule has 4 nitrogen and oxygen atoms in total. The zero-order chi connectivity index (χ0) is 17.7. The highest BCUT2D eigenvalue weighted by atomic mass is 17.2. The molecule has 0 atom stereocenters. The Morgan fingerprint density at radius 2 is 1.00 bits per heavy atom. The van der Waals surface area contributed by atoms with Crippen LogP contribution in [0.5, 0.6) is 0 Å². The van der Waals surface area contributed by atoms with Crippen LogP contribution in [-0.4, -0.2) is 30.0 Å². The van der Waals surface area contributed by atoms with Gasteiger partial charge in [-0.25, -0.2) is 0 Å². The van der Waals surface area contributed by atoms with Crippen molar-refractivity contribution < 1.29 is 20.0 Å². The molecule has 24 heavy (non-hydrogen) atoms. The van der Waals surface area contributed by atoms with E-state index in [0.717, 1.165) is 50.7 Å². The minimum absolute atomic E-state index is 0.319. The first-order valence-corrected chi connectivity index (χ1v) is 10.00. The Kier molecular flexibility index (Phi) is 20.0. The van der Waals surface area contributed by atoms with Gasteiger partial charge in [0.25, 0.3) is 0 Å². The molecule has 0 aliphatic heterocycles.